The van der Waals surface area contributed by atoms with Gasteiger partial charge < -0.3 is 10.1 Å². The van der Waals surface area contributed by atoms with Crippen molar-refractivity contribution >= 4 is 21.8 Å². The first kappa shape index (κ1) is 14.2. The van der Waals surface area contributed by atoms with Gasteiger partial charge in [0.1, 0.15) is 0 Å². The predicted octanol–water partition coefficient (Wildman–Crippen LogP) is 2.44. The van der Waals surface area contributed by atoms with Gasteiger partial charge in [0.25, 0.3) is 5.91 Å². The highest BCUT2D eigenvalue weighted by Crippen LogP contribution is 2.10. The number of halogens is 1. The molecule has 0 bridgehead atoms. The van der Waals surface area contributed by atoms with Crippen molar-refractivity contribution in [3.8, 4) is 0 Å². The Labute approximate surface area is 111 Å². The third kappa shape index (κ3) is 4.13. The van der Waals surface area contributed by atoms with E-state index in [2.05, 4.69) is 21.2 Å². The van der Waals surface area contributed by atoms with E-state index >= 15 is 0 Å². The summed E-state index contributed by atoms with van der Waals surface area (Å²) in [5.74, 6) is -0.0606. The second-order valence-corrected chi connectivity index (χ2v) is 4.73. The molecule has 94 valence electrons. The van der Waals surface area contributed by atoms with Gasteiger partial charge in [-0.2, -0.15) is 0 Å². The molecule has 0 aliphatic carbocycles. The fourth-order valence-electron chi connectivity index (χ4n) is 1.48. The number of carbonyl (C=O) groups excluding carboxylic acids is 1. The molecule has 3 nitrogen and oxygen atoms in total. The van der Waals surface area contributed by atoms with Crippen molar-refractivity contribution in [3.63, 3.8) is 0 Å². The van der Waals surface area contributed by atoms with Gasteiger partial charge in [-0.05, 0) is 37.1 Å². The van der Waals surface area contributed by atoms with E-state index in [1.54, 1.807) is 7.11 Å². The zero-order valence-electron chi connectivity index (χ0n) is 10.4. The van der Waals surface area contributed by atoms with Crippen molar-refractivity contribution in [3.05, 3.63) is 34.9 Å². The Hall–Kier alpha value is -0.870. The molecule has 0 saturated heterocycles. The summed E-state index contributed by atoms with van der Waals surface area (Å²) < 4.78 is 5.03. The minimum Gasteiger partial charge on any atom is -0.383 e. The second kappa shape index (κ2) is 6.77. The van der Waals surface area contributed by atoms with Crippen molar-refractivity contribution < 1.29 is 9.53 Å². The van der Waals surface area contributed by atoms with Gasteiger partial charge in [-0.3, -0.25) is 4.79 Å². The molecule has 1 N–H and O–H groups in total. The van der Waals surface area contributed by atoms with Crippen LogP contribution in [0, 0.1) is 13.8 Å². The first-order valence-corrected chi connectivity index (χ1v) is 6.63. The van der Waals surface area contributed by atoms with Crippen molar-refractivity contribution in [2.45, 2.75) is 19.9 Å². The smallest absolute Gasteiger partial charge is 0.251 e. The van der Waals surface area contributed by atoms with E-state index < -0.39 is 0 Å². The lowest BCUT2D eigenvalue weighted by molar-refractivity contribution is 0.0908. The predicted molar refractivity (Wildman–Crippen MR) is 72.8 cm³/mol. The molecule has 1 amide bonds. The molecule has 0 aliphatic heterocycles. The minimum atomic E-state index is -0.0606. The number of carbonyl (C=O) groups is 1. The van der Waals surface area contributed by atoms with Gasteiger partial charge in [0.05, 0.1) is 12.6 Å². The molecule has 0 fully saturated rings. The van der Waals surface area contributed by atoms with E-state index in [4.69, 9.17) is 4.74 Å². The van der Waals surface area contributed by atoms with Gasteiger partial charge in [-0.15, -0.1) is 0 Å². The zero-order valence-corrected chi connectivity index (χ0v) is 12.0. The molecule has 0 heterocycles. The fraction of sp³-hybridized carbons (Fsp3) is 0.462. The third-order valence-corrected chi connectivity index (χ3v) is 3.44. The molecule has 1 atom stereocenters. The molecule has 0 saturated carbocycles. The highest BCUT2D eigenvalue weighted by molar-refractivity contribution is 9.09. The van der Waals surface area contributed by atoms with Crippen LogP contribution in [0.2, 0.25) is 0 Å². The Morgan fingerprint density at radius 3 is 2.65 bits per heavy atom. The molecule has 0 aliphatic rings. The number of benzene rings is 1. The Morgan fingerprint density at radius 2 is 2.12 bits per heavy atom. The highest BCUT2D eigenvalue weighted by atomic mass is 79.9. The number of ether oxygens (including phenoxy) is 1. The summed E-state index contributed by atoms with van der Waals surface area (Å²) in [5, 5.41) is 3.60. The number of amides is 1. The minimum absolute atomic E-state index is 0.00545. The van der Waals surface area contributed by atoms with E-state index in [1.165, 1.54) is 5.56 Å². The summed E-state index contributed by atoms with van der Waals surface area (Å²) in [5.41, 5.74) is 3.01. The number of alkyl halides is 1. The monoisotopic (exact) mass is 299 g/mol. The maximum atomic E-state index is 12.0. The Morgan fingerprint density at radius 1 is 1.41 bits per heavy atom. The first-order valence-electron chi connectivity index (χ1n) is 5.51. The fourth-order valence-corrected chi connectivity index (χ4v) is 1.83. The van der Waals surface area contributed by atoms with Gasteiger partial charge in [0.15, 0.2) is 0 Å². The largest absolute Gasteiger partial charge is 0.383 e. The summed E-state index contributed by atoms with van der Waals surface area (Å²) >= 11 is 3.35. The van der Waals surface area contributed by atoms with Crippen molar-refractivity contribution in [1.29, 1.82) is 0 Å². The number of hydrogen-bond acceptors (Lipinski definition) is 2. The average Bonchev–Trinajstić information content (AvgIpc) is 2.31. The van der Waals surface area contributed by atoms with Gasteiger partial charge >= 0.3 is 0 Å². The molecule has 0 radical (unpaired) electrons. The van der Waals surface area contributed by atoms with Crippen LogP contribution in [0.4, 0.5) is 0 Å². The normalized spacial score (nSPS) is 12.2. The molecule has 4 heteroatoms. The number of aryl methyl sites for hydroxylation is 2. The highest BCUT2D eigenvalue weighted by Gasteiger charge is 2.12. The van der Waals surface area contributed by atoms with E-state index in [1.807, 2.05) is 32.0 Å². The lowest BCUT2D eigenvalue weighted by atomic mass is 10.1. The van der Waals surface area contributed by atoms with Crippen molar-refractivity contribution in [2.24, 2.45) is 0 Å². The van der Waals surface area contributed by atoms with E-state index in [0.29, 0.717) is 17.5 Å². The Kier molecular flexibility index (Phi) is 5.65. The maximum Gasteiger partial charge on any atom is 0.251 e. The molecule has 1 unspecified atom stereocenters. The van der Waals surface area contributed by atoms with Gasteiger partial charge in [0.2, 0.25) is 0 Å². The summed E-state index contributed by atoms with van der Waals surface area (Å²) in [4.78, 5) is 12.0. The SMILES string of the molecule is COCC(CBr)NC(=O)c1ccc(C)c(C)c1. The van der Waals surface area contributed by atoms with Crippen LogP contribution in [0.5, 0.6) is 0 Å². The van der Waals surface area contributed by atoms with Crippen LogP contribution in [0.25, 0.3) is 0 Å². The van der Waals surface area contributed by atoms with E-state index in [9.17, 15) is 4.79 Å². The van der Waals surface area contributed by atoms with Crippen LogP contribution in [0.1, 0.15) is 21.5 Å². The number of nitrogens with one attached hydrogen (secondary N) is 1. The number of methoxy groups -OCH3 is 1. The Balaban J connectivity index is 2.72. The lowest BCUT2D eigenvalue weighted by Crippen LogP contribution is -2.39. The van der Waals surface area contributed by atoms with Crippen LogP contribution < -0.4 is 5.32 Å². The number of hydrogen-bond donors (Lipinski definition) is 1. The van der Waals surface area contributed by atoms with Crippen LogP contribution in [0.15, 0.2) is 18.2 Å². The van der Waals surface area contributed by atoms with E-state index in [0.717, 1.165) is 5.56 Å². The number of rotatable bonds is 5. The molecule has 17 heavy (non-hydrogen) atoms. The van der Waals surface area contributed by atoms with Gasteiger partial charge in [0, 0.05) is 18.0 Å². The third-order valence-electron chi connectivity index (χ3n) is 2.66. The molecule has 0 spiro atoms. The van der Waals surface area contributed by atoms with Crippen LogP contribution in [0.3, 0.4) is 0 Å². The van der Waals surface area contributed by atoms with E-state index in [-0.39, 0.29) is 11.9 Å². The van der Waals surface area contributed by atoms with Crippen LogP contribution >= 0.6 is 15.9 Å². The molecule has 1 rings (SSSR count). The average molecular weight is 300 g/mol. The molecule has 1 aromatic rings. The molecular formula is C13H18BrNO2. The van der Waals surface area contributed by atoms with Crippen molar-refractivity contribution in [1.82, 2.24) is 5.32 Å². The van der Waals surface area contributed by atoms with Crippen LogP contribution in [-0.2, 0) is 4.74 Å². The molecular weight excluding hydrogens is 282 g/mol. The van der Waals surface area contributed by atoms with Crippen molar-refractivity contribution in [2.75, 3.05) is 19.0 Å². The molecule has 0 aromatic heterocycles. The first-order chi connectivity index (χ1) is 8.08. The maximum absolute atomic E-state index is 12.0. The van der Waals surface area contributed by atoms with Gasteiger partial charge in [-0.25, -0.2) is 0 Å². The van der Waals surface area contributed by atoms with Crippen LogP contribution in [-0.4, -0.2) is 31.0 Å². The summed E-state index contributed by atoms with van der Waals surface area (Å²) in [6.45, 7) is 4.54. The quantitative estimate of drug-likeness (QED) is 0.848. The standard InChI is InChI=1S/C13H18BrNO2/c1-9-4-5-11(6-10(9)2)13(16)15-12(7-14)8-17-3/h4-6,12H,7-8H2,1-3H3,(H,15,16). The van der Waals surface area contributed by atoms with Gasteiger partial charge in [-0.1, -0.05) is 22.0 Å². The zero-order chi connectivity index (χ0) is 12.8. The molecule has 1 aromatic carbocycles. The second-order valence-electron chi connectivity index (χ2n) is 4.08. The summed E-state index contributed by atoms with van der Waals surface area (Å²) in [6, 6.07) is 5.71. The summed E-state index contributed by atoms with van der Waals surface area (Å²) in [6.07, 6.45) is 0. The lowest BCUT2D eigenvalue weighted by Gasteiger charge is -2.15. The topological polar surface area (TPSA) is 38.3 Å². The Bertz CT molecular complexity index is 393. The summed E-state index contributed by atoms with van der Waals surface area (Å²) in [7, 11) is 1.62.